The summed E-state index contributed by atoms with van der Waals surface area (Å²) in [6.45, 7) is 1.31. The Morgan fingerprint density at radius 2 is 1.78 bits per heavy atom. The fraction of sp³-hybridized carbons (Fsp3) is 0.0870. The summed E-state index contributed by atoms with van der Waals surface area (Å²) in [6.07, 6.45) is 7.22. The van der Waals surface area contributed by atoms with Crippen LogP contribution in [0.2, 0.25) is 0 Å². The van der Waals surface area contributed by atoms with Crippen LogP contribution >= 0.6 is 0 Å². The Balaban J connectivity index is 1.38. The Morgan fingerprint density at radius 1 is 1.03 bits per heavy atom. The lowest BCUT2D eigenvalue weighted by atomic mass is 10.1. The van der Waals surface area contributed by atoms with E-state index < -0.39 is 15.9 Å². The number of rotatable bonds is 8. The van der Waals surface area contributed by atoms with E-state index in [2.05, 4.69) is 28.5 Å². The van der Waals surface area contributed by atoms with E-state index in [0.717, 1.165) is 21.1 Å². The molecule has 4 rings (SSSR count). The number of hydroxylamine groups is 1. The second-order valence-corrected chi connectivity index (χ2v) is 9.08. The van der Waals surface area contributed by atoms with Gasteiger partial charge in [-0.2, -0.15) is 0 Å². The molecule has 2 aromatic carbocycles. The van der Waals surface area contributed by atoms with Gasteiger partial charge < -0.3 is 10.3 Å². The molecule has 1 amide bonds. The van der Waals surface area contributed by atoms with Gasteiger partial charge in [0, 0.05) is 43.3 Å². The highest BCUT2D eigenvalue weighted by Gasteiger charge is 2.16. The van der Waals surface area contributed by atoms with E-state index in [4.69, 9.17) is 5.21 Å². The lowest BCUT2D eigenvalue weighted by Crippen LogP contribution is -2.14. The molecule has 0 saturated heterocycles. The predicted octanol–water partition coefficient (Wildman–Crippen LogP) is 3.01. The molecule has 0 saturated carbocycles. The number of nitrogens with one attached hydrogen (secondary N) is 3. The molecule has 32 heavy (non-hydrogen) atoms. The van der Waals surface area contributed by atoms with Gasteiger partial charge in [-0.25, -0.2) is 17.9 Å². The minimum atomic E-state index is -3.75. The fourth-order valence-electron chi connectivity index (χ4n) is 3.31. The van der Waals surface area contributed by atoms with Crippen molar-refractivity contribution in [3.05, 3.63) is 96.0 Å². The summed E-state index contributed by atoms with van der Waals surface area (Å²) in [7, 11) is -3.75. The molecule has 2 heterocycles. The number of nitrogens with zero attached hydrogens (tertiary/aromatic N) is 1. The zero-order valence-corrected chi connectivity index (χ0v) is 17.8. The predicted molar refractivity (Wildman–Crippen MR) is 121 cm³/mol. The van der Waals surface area contributed by atoms with Crippen molar-refractivity contribution in [3.63, 3.8) is 0 Å². The van der Waals surface area contributed by atoms with Crippen molar-refractivity contribution >= 4 is 32.9 Å². The third-order valence-corrected chi connectivity index (χ3v) is 6.65. The van der Waals surface area contributed by atoms with E-state index in [0.29, 0.717) is 18.7 Å². The van der Waals surface area contributed by atoms with Crippen LogP contribution in [-0.4, -0.2) is 28.5 Å². The van der Waals surface area contributed by atoms with E-state index in [-0.39, 0.29) is 4.90 Å². The zero-order chi connectivity index (χ0) is 22.6. The van der Waals surface area contributed by atoms with Gasteiger partial charge in [0.05, 0.1) is 4.90 Å². The van der Waals surface area contributed by atoms with E-state index in [9.17, 15) is 13.2 Å². The zero-order valence-electron chi connectivity index (χ0n) is 17.0. The molecule has 164 valence electrons. The van der Waals surface area contributed by atoms with Gasteiger partial charge in [0.25, 0.3) is 15.9 Å². The Bertz CT molecular complexity index is 1370. The second-order valence-electron chi connectivity index (χ2n) is 7.24. The average molecular weight is 451 g/mol. The molecule has 0 bridgehead atoms. The van der Waals surface area contributed by atoms with Crippen LogP contribution in [0.25, 0.3) is 17.0 Å². The number of H-pyrrole nitrogens is 1. The highest BCUT2D eigenvalue weighted by molar-refractivity contribution is 7.90. The van der Waals surface area contributed by atoms with E-state index in [1.807, 2.05) is 12.3 Å². The van der Waals surface area contributed by atoms with Crippen LogP contribution in [0.1, 0.15) is 16.7 Å². The molecule has 0 fully saturated rings. The molecular weight excluding hydrogens is 428 g/mol. The maximum absolute atomic E-state index is 12.8. The number of hydrogen-bond acceptors (Lipinski definition) is 5. The molecule has 0 aliphatic carbocycles. The normalized spacial score (nSPS) is 11.9. The first-order valence-electron chi connectivity index (χ1n) is 9.87. The molecule has 4 N–H and O–H groups in total. The number of hydrogen-bond donors (Lipinski definition) is 4. The first kappa shape index (κ1) is 21.6. The van der Waals surface area contributed by atoms with Gasteiger partial charge in [-0.05, 0) is 64.6 Å². The van der Waals surface area contributed by atoms with Crippen LogP contribution in [0.3, 0.4) is 0 Å². The van der Waals surface area contributed by atoms with Crippen LogP contribution in [-0.2, 0) is 27.9 Å². The van der Waals surface area contributed by atoms with Crippen LogP contribution in [0.4, 0.5) is 0 Å². The van der Waals surface area contributed by atoms with Crippen molar-refractivity contribution in [3.8, 4) is 0 Å². The number of aromatic nitrogens is 2. The summed E-state index contributed by atoms with van der Waals surface area (Å²) in [5.74, 6) is -0.699. The lowest BCUT2D eigenvalue weighted by molar-refractivity contribution is -0.124. The van der Waals surface area contributed by atoms with Gasteiger partial charge >= 0.3 is 0 Å². The number of aromatic amines is 1. The molecule has 8 nitrogen and oxygen atoms in total. The average Bonchev–Trinajstić information content (AvgIpc) is 3.47. The number of fused-ring (bicyclic) bond motifs is 1. The summed E-state index contributed by atoms with van der Waals surface area (Å²) in [5.41, 5.74) is 5.23. The molecule has 9 heteroatoms. The van der Waals surface area contributed by atoms with Crippen LogP contribution < -0.4 is 10.8 Å². The quantitative estimate of drug-likeness (QED) is 0.187. The molecule has 2 aromatic heterocycles. The molecule has 0 aliphatic rings. The molecule has 0 unspecified atom stereocenters. The van der Waals surface area contributed by atoms with Crippen molar-refractivity contribution in [1.29, 1.82) is 0 Å². The minimum absolute atomic E-state index is 0.165. The van der Waals surface area contributed by atoms with Crippen molar-refractivity contribution in [2.45, 2.75) is 18.0 Å². The standard InChI is InChI=1S/C23H22N4O4S/c28-23(26-29)8-4-18-10-12-27(16-18)32(30,31)21-5-1-17(2-6-21)14-24-15-19-3-7-22-20(13-19)9-11-25-22/h1-13,16,24-25,29H,14-15H2,(H,26,28)/b8-4+. The van der Waals surface area contributed by atoms with Crippen LogP contribution in [0.5, 0.6) is 0 Å². The van der Waals surface area contributed by atoms with Crippen molar-refractivity contribution in [1.82, 2.24) is 19.8 Å². The summed E-state index contributed by atoms with van der Waals surface area (Å²) in [6, 6.07) is 16.6. The van der Waals surface area contributed by atoms with Crippen LogP contribution in [0, 0.1) is 0 Å². The first-order valence-corrected chi connectivity index (χ1v) is 11.3. The third kappa shape index (κ3) is 4.80. The van der Waals surface area contributed by atoms with E-state index >= 15 is 0 Å². The van der Waals surface area contributed by atoms with E-state index in [1.165, 1.54) is 34.9 Å². The monoisotopic (exact) mass is 450 g/mol. The molecule has 4 aromatic rings. The SMILES string of the molecule is O=C(/C=C/c1ccn(S(=O)(=O)c2ccc(CNCc3ccc4[nH]ccc4c3)cc2)c1)NO. The Kier molecular flexibility index (Phi) is 6.22. The lowest BCUT2D eigenvalue weighted by Gasteiger charge is -2.08. The van der Waals surface area contributed by atoms with Crippen molar-refractivity contribution in [2.75, 3.05) is 0 Å². The molecule has 0 spiro atoms. The fourth-order valence-corrected chi connectivity index (χ4v) is 4.52. The Hall–Kier alpha value is -3.66. The highest BCUT2D eigenvalue weighted by atomic mass is 32.2. The number of amides is 1. The minimum Gasteiger partial charge on any atom is -0.361 e. The number of carbonyl (C=O) groups excluding carboxylic acids is 1. The van der Waals surface area contributed by atoms with Gasteiger partial charge in [-0.3, -0.25) is 10.0 Å². The maximum atomic E-state index is 12.8. The van der Waals surface area contributed by atoms with Gasteiger partial charge in [-0.15, -0.1) is 0 Å². The Labute approximate surface area is 185 Å². The highest BCUT2D eigenvalue weighted by Crippen LogP contribution is 2.17. The molecule has 0 atom stereocenters. The number of benzene rings is 2. The second kappa shape index (κ2) is 9.23. The maximum Gasteiger partial charge on any atom is 0.267 e. The summed E-state index contributed by atoms with van der Waals surface area (Å²) in [5, 5.41) is 13.0. The molecule has 0 aliphatic heterocycles. The molecule has 0 radical (unpaired) electrons. The van der Waals surface area contributed by atoms with Crippen LogP contribution in [0.15, 0.2) is 84.2 Å². The molecular formula is C23H22N4O4S. The van der Waals surface area contributed by atoms with Gasteiger partial charge in [0.2, 0.25) is 0 Å². The largest absolute Gasteiger partial charge is 0.361 e. The van der Waals surface area contributed by atoms with Gasteiger partial charge in [0.15, 0.2) is 0 Å². The summed E-state index contributed by atoms with van der Waals surface area (Å²) < 4.78 is 26.8. The van der Waals surface area contributed by atoms with Crippen molar-refractivity contribution in [2.24, 2.45) is 0 Å². The van der Waals surface area contributed by atoms with Gasteiger partial charge in [0.1, 0.15) is 0 Å². The Morgan fingerprint density at radius 3 is 2.56 bits per heavy atom. The third-order valence-electron chi connectivity index (χ3n) is 5.00. The smallest absolute Gasteiger partial charge is 0.267 e. The number of carbonyl (C=O) groups is 1. The van der Waals surface area contributed by atoms with Gasteiger partial charge in [-0.1, -0.05) is 18.2 Å². The summed E-state index contributed by atoms with van der Waals surface area (Å²) >= 11 is 0. The van der Waals surface area contributed by atoms with Crippen molar-refractivity contribution < 1.29 is 18.4 Å². The summed E-state index contributed by atoms with van der Waals surface area (Å²) in [4.78, 5) is 14.4. The van der Waals surface area contributed by atoms with E-state index in [1.54, 1.807) is 30.3 Å². The first-order chi connectivity index (χ1) is 15.5. The topological polar surface area (TPSA) is 116 Å².